The molecule has 0 bridgehead atoms. The number of amides is 1. The number of furan rings is 1. The summed E-state index contributed by atoms with van der Waals surface area (Å²) in [6.45, 7) is 0.992. The van der Waals surface area contributed by atoms with Gasteiger partial charge >= 0.3 is 0 Å². The van der Waals surface area contributed by atoms with Crippen molar-refractivity contribution in [3.8, 4) is 11.3 Å². The van der Waals surface area contributed by atoms with Gasteiger partial charge in [0.2, 0.25) is 0 Å². The average Bonchev–Trinajstić information content (AvgIpc) is 3.29. The molecule has 0 aliphatic heterocycles. The van der Waals surface area contributed by atoms with Crippen LogP contribution in [0, 0.1) is 10.1 Å². The second kappa shape index (κ2) is 11.0. The van der Waals surface area contributed by atoms with E-state index in [0.717, 1.165) is 11.4 Å². The number of carbonyl (C=O) groups excluding carboxylic acids is 1. The first-order chi connectivity index (χ1) is 15.1. The van der Waals surface area contributed by atoms with E-state index in [1.54, 1.807) is 24.3 Å². The lowest BCUT2D eigenvalue weighted by Crippen LogP contribution is -2.25. The summed E-state index contributed by atoms with van der Waals surface area (Å²) >= 11 is 1.47. The minimum atomic E-state index is -0.472. The van der Waals surface area contributed by atoms with Gasteiger partial charge in [0.05, 0.1) is 4.92 Å². The molecule has 0 aliphatic carbocycles. The van der Waals surface area contributed by atoms with Crippen LogP contribution in [0.3, 0.4) is 0 Å². The van der Waals surface area contributed by atoms with Crippen molar-refractivity contribution < 1.29 is 14.1 Å². The lowest BCUT2D eigenvalue weighted by atomic mass is 10.1. The Morgan fingerprint density at radius 1 is 1.13 bits per heavy atom. The van der Waals surface area contributed by atoms with Gasteiger partial charge in [0.15, 0.2) is 5.76 Å². The molecule has 0 spiro atoms. The number of amidine groups is 1. The molecule has 9 heteroatoms. The van der Waals surface area contributed by atoms with Crippen molar-refractivity contribution in [2.45, 2.75) is 6.42 Å². The third kappa shape index (κ3) is 6.19. The van der Waals surface area contributed by atoms with E-state index in [2.05, 4.69) is 15.0 Å². The zero-order valence-corrected chi connectivity index (χ0v) is 17.7. The molecule has 2 aromatic carbocycles. The third-order valence-electron chi connectivity index (χ3n) is 4.31. The number of hydrogen-bond donors (Lipinski definition) is 2. The molecule has 1 heterocycles. The van der Waals surface area contributed by atoms with E-state index in [9.17, 15) is 14.9 Å². The first-order valence-corrected chi connectivity index (χ1v) is 10.8. The van der Waals surface area contributed by atoms with Gasteiger partial charge in [0.1, 0.15) is 11.6 Å². The van der Waals surface area contributed by atoms with Crippen molar-refractivity contribution in [2.75, 3.05) is 19.3 Å². The average molecular weight is 439 g/mol. The summed E-state index contributed by atoms with van der Waals surface area (Å²) in [6.07, 6.45) is 2.60. The second-order valence-electron chi connectivity index (χ2n) is 6.48. The van der Waals surface area contributed by atoms with Gasteiger partial charge in [-0.25, -0.2) is 0 Å². The molecule has 1 aromatic heterocycles. The number of rotatable bonds is 9. The Hall–Kier alpha value is -3.59. The molecule has 31 heavy (non-hydrogen) atoms. The fraction of sp³-hybridized carbons (Fsp3) is 0.182. The predicted molar refractivity (Wildman–Crippen MR) is 122 cm³/mol. The lowest BCUT2D eigenvalue weighted by molar-refractivity contribution is -0.384. The Labute approximate surface area is 184 Å². The number of carbonyl (C=O) groups is 1. The van der Waals surface area contributed by atoms with E-state index in [-0.39, 0.29) is 17.4 Å². The SMILES string of the molecule is CSNC(=NCCCNC(=O)c1ccc(-c2cccc([N+](=O)[O-])c2)o1)c1ccccc1. The molecule has 0 radical (unpaired) electrons. The maximum Gasteiger partial charge on any atom is 0.287 e. The van der Waals surface area contributed by atoms with Crippen molar-refractivity contribution in [3.05, 3.63) is 88.2 Å². The quantitative estimate of drug-likeness (QED) is 0.129. The number of aliphatic imine (C=N–C) groups is 1. The van der Waals surface area contributed by atoms with E-state index in [0.29, 0.717) is 30.8 Å². The minimum Gasteiger partial charge on any atom is -0.451 e. The molecule has 0 unspecified atom stereocenters. The third-order valence-corrected chi connectivity index (χ3v) is 4.71. The molecule has 0 saturated carbocycles. The van der Waals surface area contributed by atoms with E-state index < -0.39 is 4.92 Å². The van der Waals surface area contributed by atoms with E-state index in [1.165, 1.54) is 24.1 Å². The summed E-state index contributed by atoms with van der Waals surface area (Å²) in [4.78, 5) is 27.3. The van der Waals surface area contributed by atoms with Gasteiger partial charge in [-0.1, -0.05) is 54.4 Å². The molecule has 2 N–H and O–H groups in total. The van der Waals surface area contributed by atoms with Crippen LogP contribution in [0.15, 0.2) is 76.1 Å². The summed E-state index contributed by atoms with van der Waals surface area (Å²) in [7, 11) is 0. The molecule has 3 rings (SSSR count). The number of nitrogens with zero attached hydrogens (tertiary/aromatic N) is 2. The highest BCUT2D eigenvalue weighted by molar-refractivity contribution is 7.97. The maximum absolute atomic E-state index is 12.3. The van der Waals surface area contributed by atoms with Gasteiger partial charge in [0.25, 0.3) is 11.6 Å². The van der Waals surface area contributed by atoms with Crippen LogP contribution in [-0.4, -0.2) is 36.0 Å². The summed E-state index contributed by atoms with van der Waals surface area (Å²) < 4.78 is 8.75. The molecule has 0 saturated heterocycles. The molecule has 0 fully saturated rings. The Morgan fingerprint density at radius 3 is 2.68 bits per heavy atom. The Kier molecular flexibility index (Phi) is 7.83. The minimum absolute atomic E-state index is 0.0358. The Morgan fingerprint density at radius 2 is 1.94 bits per heavy atom. The van der Waals surface area contributed by atoms with Gasteiger partial charge in [-0.3, -0.25) is 19.9 Å². The zero-order chi connectivity index (χ0) is 22.1. The summed E-state index contributed by atoms with van der Waals surface area (Å²) in [5.74, 6) is 1.01. The number of benzene rings is 2. The van der Waals surface area contributed by atoms with Crippen molar-refractivity contribution in [3.63, 3.8) is 0 Å². The Balaban J connectivity index is 1.52. The van der Waals surface area contributed by atoms with Crippen molar-refractivity contribution in [2.24, 2.45) is 4.99 Å². The molecular weight excluding hydrogens is 416 g/mol. The lowest BCUT2D eigenvalue weighted by Gasteiger charge is -2.08. The molecule has 3 aromatic rings. The molecule has 0 aliphatic rings. The van der Waals surface area contributed by atoms with Crippen LogP contribution < -0.4 is 10.0 Å². The first kappa shape index (κ1) is 22.1. The van der Waals surface area contributed by atoms with E-state index in [1.807, 2.05) is 36.6 Å². The maximum atomic E-state index is 12.3. The predicted octanol–water partition coefficient (Wildman–Crippen LogP) is 4.29. The molecular formula is C22H22N4O4S. The van der Waals surface area contributed by atoms with Crippen LogP contribution in [-0.2, 0) is 0 Å². The zero-order valence-electron chi connectivity index (χ0n) is 16.9. The van der Waals surface area contributed by atoms with Gasteiger partial charge in [-0.05, 0) is 18.6 Å². The monoisotopic (exact) mass is 438 g/mol. The van der Waals surface area contributed by atoms with Crippen LogP contribution >= 0.6 is 11.9 Å². The molecule has 8 nitrogen and oxygen atoms in total. The van der Waals surface area contributed by atoms with Crippen LogP contribution in [0.2, 0.25) is 0 Å². The van der Waals surface area contributed by atoms with E-state index >= 15 is 0 Å². The van der Waals surface area contributed by atoms with Crippen molar-refractivity contribution in [1.82, 2.24) is 10.0 Å². The van der Waals surface area contributed by atoms with Crippen LogP contribution in [0.4, 0.5) is 5.69 Å². The molecule has 0 atom stereocenters. The van der Waals surface area contributed by atoms with Crippen LogP contribution in [0.5, 0.6) is 0 Å². The highest BCUT2D eigenvalue weighted by Gasteiger charge is 2.14. The topological polar surface area (TPSA) is 110 Å². The summed E-state index contributed by atoms with van der Waals surface area (Å²) in [5.41, 5.74) is 1.51. The largest absolute Gasteiger partial charge is 0.451 e. The normalized spacial score (nSPS) is 11.2. The molecule has 160 valence electrons. The number of non-ortho nitro benzene ring substituents is 1. The van der Waals surface area contributed by atoms with Crippen LogP contribution in [0.25, 0.3) is 11.3 Å². The van der Waals surface area contributed by atoms with E-state index in [4.69, 9.17) is 4.42 Å². The van der Waals surface area contributed by atoms with Crippen molar-refractivity contribution in [1.29, 1.82) is 0 Å². The number of hydrogen-bond acceptors (Lipinski definition) is 6. The summed E-state index contributed by atoms with van der Waals surface area (Å²) in [6, 6.07) is 19.1. The number of nitro benzene ring substituents is 1. The van der Waals surface area contributed by atoms with Gasteiger partial charge in [-0.2, -0.15) is 0 Å². The smallest absolute Gasteiger partial charge is 0.287 e. The highest BCUT2D eigenvalue weighted by atomic mass is 32.2. The highest BCUT2D eigenvalue weighted by Crippen LogP contribution is 2.25. The van der Waals surface area contributed by atoms with Crippen molar-refractivity contribution >= 4 is 29.4 Å². The van der Waals surface area contributed by atoms with Gasteiger partial charge in [-0.15, -0.1) is 0 Å². The van der Waals surface area contributed by atoms with Gasteiger partial charge < -0.3 is 14.5 Å². The number of nitro groups is 1. The first-order valence-electron chi connectivity index (χ1n) is 9.60. The van der Waals surface area contributed by atoms with Crippen LogP contribution in [0.1, 0.15) is 22.5 Å². The summed E-state index contributed by atoms with van der Waals surface area (Å²) in [5, 5.41) is 13.7. The Bertz CT molecular complexity index is 1070. The number of nitrogens with one attached hydrogen (secondary N) is 2. The molecule has 1 amide bonds. The second-order valence-corrected chi connectivity index (χ2v) is 7.10. The fourth-order valence-corrected chi connectivity index (χ4v) is 3.20. The van der Waals surface area contributed by atoms with Gasteiger partial charge in [0, 0.05) is 42.6 Å². The fourth-order valence-electron chi connectivity index (χ4n) is 2.82. The standard InChI is InChI=1S/C22H22N4O4S/c1-31-25-21(16-7-3-2-4-8-16)23-13-6-14-24-22(27)20-12-11-19(30-20)17-9-5-10-18(15-17)26(28)29/h2-5,7-12,15H,6,13-14H2,1H3,(H,23,25)(H,24,27).